The van der Waals surface area contributed by atoms with E-state index in [-0.39, 0.29) is 0 Å². The van der Waals surface area contributed by atoms with Gasteiger partial charge < -0.3 is 19.4 Å². The van der Waals surface area contributed by atoms with E-state index in [9.17, 15) is 0 Å². The van der Waals surface area contributed by atoms with Gasteiger partial charge in [-0.05, 0) is 25.8 Å². The molecule has 5 rings (SSSR count). The fraction of sp³-hybridized carbons (Fsp3) is 0.600. The average molecular weight is 381 g/mol. The summed E-state index contributed by atoms with van der Waals surface area (Å²) in [5.74, 6) is 2.88. The Labute approximate surface area is 165 Å². The standard InChI is InChI=1S/C20H27N7O/c1-15-12-18(25-5-2-3-6-25)22-20(21-15)27-9-7-26(8-10-27)19-13-16-14-28-11-4-17(16)23-24-19/h12-13H,2-11,14H2,1H3. The minimum Gasteiger partial charge on any atom is -0.376 e. The molecular formula is C20H27N7O. The quantitative estimate of drug-likeness (QED) is 0.794. The average Bonchev–Trinajstić information content (AvgIpc) is 3.28. The Balaban J connectivity index is 1.28. The van der Waals surface area contributed by atoms with Gasteiger partial charge in [-0.2, -0.15) is 10.1 Å². The molecule has 8 nitrogen and oxygen atoms in total. The molecule has 2 saturated heterocycles. The van der Waals surface area contributed by atoms with E-state index in [4.69, 9.17) is 14.7 Å². The lowest BCUT2D eigenvalue weighted by atomic mass is 10.1. The van der Waals surface area contributed by atoms with Crippen LogP contribution in [0.5, 0.6) is 0 Å². The third kappa shape index (κ3) is 3.48. The maximum Gasteiger partial charge on any atom is 0.227 e. The van der Waals surface area contributed by atoms with Crippen molar-refractivity contribution in [2.24, 2.45) is 0 Å². The highest BCUT2D eigenvalue weighted by molar-refractivity contribution is 5.49. The van der Waals surface area contributed by atoms with Crippen LogP contribution in [-0.2, 0) is 17.8 Å². The molecule has 0 spiro atoms. The molecule has 0 N–H and O–H groups in total. The Kier molecular flexibility index (Phi) is 4.72. The van der Waals surface area contributed by atoms with Gasteiger partial charge in [0.05, 0.1) is 18.9 Å². The number of aromatic nitrogens is 4. The highest BCUT2D eigenvalue weighted by atomic mass is 16.5. The molecule has 0 atom stereocenters. The molecular weight excluding hydrogens is 354 g/mol. The molecule has 3 aliphatic heterocycles. The van der Waals surface area contributed by atoms with Gasteiger partial charge in [0, 0.05) is 63.0 Å². The maximum absolute atomic E-state index is 5.56. The SMILES string of the molecule is Cc1cc(N2CCCC2)nc(N2CCN(c3cc4c(nn3)CCOC4)CC2)n1. The fourth-order valence-electron chi connectivity index (χ4n) is 4.21. The van der Waals surface area contributed by atoms with Gasteiger partial charge in [0.25, 0.3) is 0 Å². The number of nitrogens with zero attached hydrogens (tertiary/aromatic N) is 7. The monoisotopic (exact) mass is 381 g/mol. The predicted molar refractivity (Wildman–Crippen MR) is 108 cm³/mol. The van der Waals surface area contributed by atoms with Crippen LogP contribution in [0.1, 0.15) is 29.8 Å². The van der Waals surface area contributed by atoms with E-state index in [2.05, 4.69) is 44.0 Å². The van der Waals surface area contributed by atoms with Crippen LogP contribution in [-0.4, -0.2) is 66.0 Å². The molecule has 5 heterocycles. The van der Waals surface area contributed by atoms with Crippen molar-refractivity contribution in [2.45, 2.75) is 32.8 Å². The van der Waals surface area contributed by atoms with Crippen LogP contribution in [0.2, 0.25) is 0 Å². The van der Waals surface area contributed by atoms with Crippen LogP contribution >= 0.6 is 0 Å². The van der Waals surface area contributed by atoms with Crippen LogP contribution in [0.25, 0.3) is 0 Å². The summed E-state index contributed by atoms with van der Waals surface area (Å²) in [6.07, 6.45) is 3.37. The second kappa shape index (κ2) is 7.50. The number of piperazine rings is 1. The van der Waals surface area contributed by atoms with Crippen molar-refractivity contribution >= 4 is 17.6 Å². The summed E-state index contributed by atoms with van der Waals surface area (Å²) < 4.78 is 5.56. The van der Waals surface area contributed by atoms with Crippen LogP contribution in [0, 0.1) is 6.92 Å². The molecule has 2 aromatic rings. The highest BCUT2D eigenvalue weighted by Gasteiger charge is 2.23. The van der Waals surface area contributed by atoms with Crippen LogP contribution < -0.4 is 14.7 Å². The number of anilines is 3. The summed E-state index contributed by atoms with van der Waals surface area (Å²) in [5.41, 5.74) is 3.29. The van der Waals surface area contributed by atoms with Crippen LogP contribution in [0.15, 0.2) is 12.1 Å². The van der Waals surface area contributed by atoms with Gasteiger partial charge in [-0.1, -0.05) is 0 Å². The number of ether oxygens (including phenoxy) is 1. The molecule has 0 radical (unpaired) electrons. The Hall–Kier alpha value is -2.48. The lowest BCUT2D eigenvalue weighted by Crippen LogP contribution is -2.47. The molecule has 148 valence electrons. The molecule has 0 aromatic carbocycles. The van der Waals surface area contributed by atoms with E-state index in [1.54, 1.807) is 0 Å². The summed E-state index contributed by atoms with van der Waals surface area (Å²) >= 11 is 0. The maximum atomic E-state index is 5.56. The summed E-state index contributed by atoms with van der Waals surface area (Å²) in [4.78, 5) is 16.5. The highest BCUT2D eigenvalue weighted by Crippen LogP contribution is 2.24. The Morgan fingerprint density at radius 1 is 0.821 bits per heavy atom. The topological polar surface area (TPSA) is 70.5 Å². The van der Waals surface area contributed by atoms with E-state index in [1.807, 2.05) is 0 Å². The van der Waals surface area contributed by atoms with Gasteiger partial charge in [-0.25, -0.2) is 4.98 Å². The van der Waals surface area contributed by atoms with Crippen molar-refractivity contribution in [1.29, 1.82) is 0 Å². The first kappa shape index (κ1) is 17.6. The van der Waals surface area contributed by atoms with E-state index >= 15 is 0 Å². The van der Waals surface area contributed by atoms with E-state index in [0.717, 1.165) is 81.3 Å². The van der Waals surface area contributed by atoms with E-state index < -0.39 is 0 Å². The number of hydrogen-bond donors (Lipinski definition) is 0. The molecule has 2 fully saturated rings. The second-order valence-corrected chi connectivity index (χ2v) is 7.81. The van der Waals surface area contributed by atoms with Gasteiger partial charge in [-0.15, -0.1) is 5.10 Å². The molecule has 2 aromatic heterocycles. The van der Waals surface area contributed by atoms with Crippen molar-refractivity contribution in [3.05, 3.63) is 29.1 Å². The first-order valence-corrected chi connectivity index (χ1v) is 10.3. The smallest absolute Gasteiger partial charge is 0.227 e. The summed E-state index contributed by atoms with van der Waals surface area (Å²) in [6.45, 7) is 9.22. The van der Waals surface area contributed by atoms with Gasteiger partial charge in [0.15, 0.2) is 5.82 Å². The molecule has 28 heavy (non-hydrogen) atoms. The van der Waals surface area contributed by atoms with Gasteiger partial charge >= 0.3 is 0 Å². The van der Waals surface area contributed by atoms with Crippen LogP contribution in [0.3, 0.4) is 0 Å². The largest absolute Gasteiger partial charge is 0.376 e. The summed E-state index contributed by atoms with van der Waals surface area (Å²) in [5, 5.41) is 8.88. The van der Waals surface area contributed by atoms with Crippen molar-refractivity contribution in [1.82, 2.24) is 20.2 Å². The lowest BCUT2D eigenvalue weighted by Gasteiger charge is -2.35. The third-order valence-electron chi connectivity index (χ3n) is 5.83. The Morgan fingerprint density at radius 3 is 2.39 bits per heavy atom. The molecule has 0 unspecified atom stereocenters. The summed E-state index contributed by atoms with van der Waals surface area (Å²) in [7, 11) is 0. The van der Waals surface area contributed by atoms with Crippen LogP contribution in [0.4, 0.5) is 17.6 Å². The minimum atomic E-state index is 0.647. The molecule has 0 saturated carbocycles. The Morgan fingerprint density at radius 2 is 1.57 bits per heavy atom. The number of rotatable bonds is 3. The predicted octanol–water partition coefficient (Wildman–Crippen LogP) is 1.57. The zero-order valence-corrected chi connectivity index (χ0v) is 16.5. The zero-order chi connectivity index (χ0) is 18.9. The van der Waals surface area contributed by atoms with Gasteiger partial charge in [-0.3, -0.25) is 0 Å². The second-order valence-electron chi connectivity index (χ2n) is 7.81. The molecule has 0 amide bonds. The summed E-state index contributed by atoms with van der Waals surface area (Å²) in [6, 6.07) is 4.25. The van der Waals surface area contributed by atoms with Crippen molar-refractivity contribution in [2.75, 3.05) is 60.6 Å². The lowest BCUT2D eigenvalue weighted by molar-refractivity contribution is 0.109. The van der Waals surface area contributed by atoms with Crippen molar-refractivity contribution in [3.63, 3.8) is 0 Å². The van der Waals surface area contributed by atoms with Gasteiger partial charge in [0.2, 0.25) is 5.95 Å². The van der Waals surface area contributed by atoms with Gasteiger partial charge in [0.1, 0.15) is 5.82 Å². The normalized spacial score (nSPS) is 19.8. The van der Waals surface area contributed by atoms with Crippen molar-refractivity contribution in [3.8, 4) is 0 Å². The fourth-order valence-corrected chi connectivity index (χ4v) is 4.21. The molecule has 3 aliphatic rings. The third-order valence-corrected chi connectivity index (χ3v) is 5.83. The molecule has 8 heteroatoms. The first-order valence-electron chi connectivity index (χ1n) is 10.3. The first-order chi connectivity index (χ1) is 13.8. The Bertz CT molecular complexity index is 844. The number of aryl methyl sites for hydroxylation is 1. The van der Waals surface area contributed by atoms with E-state index in [1.165, 1.54) is 18.4 Å². The molecule has 0 bridgehead atoms. The van der Waals surface area contributed by atoms with Crippen molar-refractivity contribution < 1.29 is 4.74 Å². The zero-order valence-electron chi connectivity index (χ0n) is 16.5. The molecule has 0 aliphatic carbocycles. The van der Waals surface area contributed by atoms with E-state index in [0.29, 0.717) is 6.61 Å². The number of fused-ring (bicyclic) bond motifs is 1. The number of hydrogen-bond acceptors (Lipinski definition) is 8. The minimum absolute atomic E-state index is 0.647.